The van der Waals surface area contributed by atoms with Gasteiger partial charge in [0.2, 0.25) is 0 Å². The molecule has 120 valence electrons. The lowest BCUT2D eigenvalue weighted by molar-refractivity contribution is 0.684. The maximum absolute atomic E-state index is 5.39. The Labute approximate surface area is 140 Å². The Kier molecular flexibility index (Phi) is 3.54. The van der Waals surface area contributed by atoms with E-state index in [0.717, 1.165) is 47.7 Å². The van der Waals surface area contributed by atoms with E-state index in [-0.39, 0.29) is 0 Å². The van der Waals surface area contributed by atoms with Crippen LogP contribution in [0.4, 0.5) is 11.6 Å². The summed E-state index contributed by atoms with van der Waals surface area (Å²) in [5.41, 5.74) is 1.68. The lowest BCUT2D eigenvalue weighted by Gasteiger charge is -2.26. The summed E-state index contributed by atoms with van der Waals surface area (Å²) in [4.78, 5) is 20.9. The summed E-state index contributed by atoms with van der Waals surface area (Å²) in [7, 11) is 2.08. The largest absolute Gasteiger partial charge is 0.355 e. The first-order valence-corrected chi connectivity index (χ1v) is 7.95. The minimum absolute atomic E-state index is 0.387. The lowest BCUT2D eigenvalue weighted by atomic mass is 10.2. The Hall–Kier alpha value is -3.07. The molecule has 0 unspecified atom stereocenters. The van der Waals surface area contributed by atoms with E-state index in [4.69, 9.17) is 6.42 Å². The summed E-state index contributed by atoms with van der Waals surface area (Å²) in [6.45, 7) is 1.88. The van der Waals surface area contributed by atoms with Crippen LogP contribution >= 0.6 is 0 Å². The highest BCUT2D eigenvalue weighted by Crippen LogP contribution is 2.27. The van der Waals surface area contributed by atoms with Crippen molar-refractivity contribution in [3.05, 3.63) is 42.5 Å². The first-order valence-electron chi connectivity index (χ1n) is 7.95. The van der Waals surface area contributed by atoms with Crippen LogP contribution < -0.4 is 9.80 Å². The zero-order valence-electron chi connectivity index (χ0n) is 13.5. The molecule has 0 bridgehead atoms. The number of likely N-dealkylation sites (N-methyl/N-ethyl adjacent to an activating group) is 1. The quantitative estimate of drug-likeness (QED) is 0.749. The van der Waals surface area contributed by atoms with E-state index in [0.29, 0.717) is 6.04 Å². The molecule has 1 saturated heterocycles. The predicted molar refractivity (Wildman–Crippen MR) is 95.1 cm³/mol. The van der Waals surface area contributed by atoms with Gasteiger partial charge in [-0.25, -0.2) is 15.0 Å². The average molecular weight is 318 g/mol. The number of terminal acetylenes is 1. The summed E-state index contributed by atoms with van der Waals surface area (Å²) in [6.07, 6.45) is 11.7. The molecule has 1 aliphatic rings. The number of hydrogen-bond acceptors (Lipinski definition) is 5. The minimum Gasteiger partial charge on any atom is -0.355 e. The SMILES string of the molecule is C#Cc1ccc(N(C)[C@@H]2CCN(c3ncnc4[nH]ccc34)C2)nc1. The molecule has 1 atom stereocenters. The number of nitrogens with zero attached hydrogens (tertiary/aromatic N) is 5. The van der Waals surface area contributed by atoms with Gasteiger partial charge in [-0.05, 0) is 24.6 Å². The molecule has 1 N–H and O–H groups in total. The third kappa shape index (κ3) is 2.44. The number of rotatable bonds is 3. The summed E-state index contributed by atoms with van der Waals surface area (Å²) < 4.78 is 0. The van der Waals surface area contributed by atoms with Crippen LogP contribution in [0, 0.1) is 12.3 Å². The highest BCUT2D eigenvalue weighted by molar-refractivity contribution is 5.87. The summed E-state index contributed by atoms with van der Waals surface area (Å²) >= 11 is 0. The predicted octanol–water partition coefficient (Wildman–Crippen LogP) is 2.05. The molecule has 24 heavy (non-hydrogen) atoms. The molecule has 1 fully saturated rings. The molecular formula is C18H18N6. The van der Waals surface area contributed by atoms with Crippen LogP contribution in [-0.2, 0) is 0 Å². The van der Waals surface area contributed by atoms with Crippen LogP contribution in [0.3, 0.4) is 0 Å². The van der Waals surface area contributed by atoms with Crippen LogP contribution in [0.2, 0.25) is 0 Å². The molecular weight excluding hydrogens is 300 g/mol. The molecule has 4 heterocycles. The van der Waals surface area contributed by atoms with Gasteiger partial charge in [-0.2, -0.15) is 0 Å². The smallest absolute Gasteiger partial charge is 0.142 e. The molecule has 3 aromatic rings. The molecule has 0 radical (unpaired) electrons. The number of aromatic amines is 1. The molecule has 1 aliphatic heterocycles. The Morgan fingerprint density at radius 2 is 2.21 bits per heavy atom. The maximum atomic E-state index is 5.39. The average Bonchev–Trinajstić information content (AvgIpc) is 3.30. The molecule has 0 spiro atoms. The molecule has 3 aromatic heterocycles. The molecule has 6 nitrogen and oxygen atoms in total. The van der Waals surface area contributed by atoms with Crippen molar-refractivity contribution in [3.8, 4) is 12.3 Å². The van der Waals surface area contributed by atoms with Crippen molar-refractivity contribution in [1.82, 2.24) is 19.9 Å². The van der Waals surface area contributed by atoms with E-state index in [1.165, 1.54) is 0 Å². The standard InChI is InChI=1S/C18H18N6/c1-3-13-4-5-16(20-10-13)23(2)14-7-9-24(11-14)18-15-6-8-19-17(15)21-12-22-18/h1,4-6,8,10,12,14H,7,9,11H2,2H3,(H,19,21,22)/t14-/m1/s1. The molecule has 4 rings (SSSR count). The highest BCUT2D eigenvalue weighted by atomic mass is 15.3. The first kappa shape index (κ1) is 14.5. The van der Waals surface area contributed by atoms with Gasteiger partial charge in [0.05, 0.1) is 5.39 Å². The van der Waals surface area contributed by atoms with Crippen molar-refractivity contribution < 1.29 is 0 Å². The van der Waals surface area contributed by atoms with E-state index in [9.17, 15) is 0 Å². The van der Waals surface area contributed by atoms with Crippen LogP contribution in [0.5, 0.6) is 0 Å². The van der Waals surface area contributed by atoms with Crippen molar-refractivity contribution in [1.29, 1.82) is 0 Å². The van der Waals surface area contributed by atoms with Crippen LogP contribution in [0.15, 0.2) is 36.9 Å². The number of pyridine rings is 1. The van der Waals surface area contributed by atoms with Crippen molar-refractivity contribution in [3.63, 3.8) is 0 Å². The minimum atomic E-state index is 0.387. The second kappa shape index (κ2) is 5.85. The second-order valence-corrected chi connectivity index (χ2v) is 5.99. The Balaban J connectivity index is 1.53. The molecule has 0 aromatic carbocycles. The number of H-pyrrole nitrogens is 1. The number of aromatic nitrogens is 4. The number of nitrogens with one attached hydrogen (secondary N) is 1. The number of fused-ring (bicyclic) bond motifs is 1. The van der Waals surface area contributed by atoms with Gasteiger partial charge in [0.15, 0.2) is 0 Å². The van der Waals surface area contributed by atoms with E-state index >= 15 is 0 Å². The van der Waals surface area contributed by atoms with Gasteiger partial charge in [-0.1, -0.05) is 5.92 Å². The van der Waals surface area contributed by atoms with Gasteiger partial charge in [0.25, 0.3) is 0 Å². The topological polar surface area (TPSA) is 60.9 Å². The molecule has 0 aliphatic carbocycles. The fraction of sp³-hybridized carbons (Fsp3) is 0.278. The fourth-order valence-corrected chi connectivity index (χ4v) is 3.23. The van der Waals surface area contributed by atoms with Crippen LogP contribution in [0.25, 0.3) is 11.0 Å². The zero-order chi connectivity index (χ0) is 16.5. The lowest BCUT2D eigenvalue weighted by Crippen LogP contribution is -2.35. The molecule has 6 heteroatoms. The van der Waals surface area contributed by atoms with Crippen molar-refractivity contribution in [2.24, 2.45) is 0 Å². The number of hydrogen-bond donors (Lipinski definition) is 1. The van der Waals surface area contributed by atoms with Crippen molar-refractivity contribution in [2.45, 2.75) is 12.5 Å². The second-order valence-electron chi connectivity index (χ2n) is 5.99. The third-order valence-electron chi connectivity index (χ3n) is 4.62. The van der Waals surface area contributed by atoms with Gasteiger partial charge < -0.3 is 14.8 Å². The van der Waals surface area contributed by atoms with Crippen molar-refractivity contribution in [2.75, 3.05) is 29.9 Å². The van der Waals surface area contributed by atoms with Crippen LogP contribution in [-0.4, -0.2) is 46.1 Å². The Morgan fingerprint density at radius 1 is 1.29 bits per heavy atom. The van der Waals surface area contributed by atoms with Gasteiger partial charge in [-0.15, -0.1) is 6.42 Å². The fourth-order valence-electron chi connectivity index (χ4n) is 3.23. The molecule has 0 saturated carbocycles. The Morgan fingerprint density at radius 3 is 3.00 bits per heavy atom. The van der Waals surface area contributed by atoms with Gasteiger partial charge in [0, 0.05) is 44.1 Å². The maximum Gasteiger partial charge on any atom is 0.142 e. The van der Waals surface area contributed by atoms with Crippen molar-refractivity contribution >= 4 is 22.7 Å². The summed E-state index contributed by atoms with van der Waals surface area (Å²) in [6, 6.07) is 6.33. The Bertz CT molecular complexity index is 892. The van der Waals surface area contributed by atoms with Gasteiger partial charge >= 0.3 is 0 Å². The van der Waals surface area contributed by atoms with Crippen LogP contribution in [0.1, 0.15) is 12.0 Å². The summed E-state index contributed by atoms with van der Waals surface area (Å²) in [5.74, 6) is 4.53. The summed E-state index contributed by atoms with van der Waals surface area (Å²) in [5, 5.41) is 1.07. The van der Waals surface area contributed by atoms with E-state index in [1.807, 2.05) is 24.4 Å². The van der Waals surface area contributed by atoms with Gasteiger partial charge in [0.1, 0.15) is 23.6 Å². The normalized spacial score (nSPS) is 17.2. The van der Waals surface area contributed by atoms with E-state index in [2.05, 4.69) is 42.7 Å². The molecule has 0 amide bonds. The highest BCUT2D eigenvalue weighted by Gasteiger charge is 2.28. The zero-order valence-corrected chi connectivity index (χ0v) is 13.5. The third-order valence-corrected chi connectivity index (χ3v) is 4.62. The number of anilines is 2. The van der Waals surface area contributed by atoms with E-state index < -0.39 is 0 Å². The monoisotopic (exact) mass is 318 g/mol. The van der Waals surface area contributed by atoms with E-state index in [1.54, 1.807) is 12.5 Å². The first-order chi connectivity index (χ1) is 11.8. The van der Waals surface area contributed by atoms with Gasteiger partial charge in [-0.3, -0.25) is 0 Å².